The van der Waals surface area contributed by atoms with Crippen molar-refractivity contribution in [2.45, 2.75) is 19.6 Å². The van der Waals surface area contributed by atoms with Gasteiger partial charge < -0.3 is 5.73 Å². The number of rotatable bonds is 5. The van der Waals surface area contributed by atoms with Crippen LogP contribution in [0.1, 0.15) is 16.7 Å². The summed E-state index contributed by atoms with van der Waals surface area (Å²) in [7, 11) is 1.90. The van der Waals surface area contributed by atoms with E-state index in [9.17, 15) is 8.78 Å². The van der Waals surface area contributed by atoms with Crippen LogP contribution >= 0.6 is 0 Å². The molecule has 0 heterocycles. The van der Waals surface area contributed by atoms with Gasteiger partial charge in [0.05, 0.1) is 0 Å². The molecule has 0 aliphatic carbocycles. The Morgan fingerprint density at radius 1 is 0.950 bits per heavy atom. The van der Waals surface area contributed by atoms with E-state index in [0.29, 0.717) is 24.2 Å². The zero-order valence-corrected chi connectivity index (χ0v) is 11.4. The summed E-state index contributed by atoms with van der Waals surface area (Å²) >= 11 is 0. The first-order valence-electron chi connectivity index (χ1n) is 6.49. The lowest BCUT2D eigenvalue weighted by Gasteiger charge is -2.18. The smallest absolute Gasteiger partial charge is 0.132 e. The third kappa shape index (κ3) is 3.62. The van der Waals surface area contributed by atoms with Crippen molar-refractivity contribution in [1.82, 2.24) is 4.90 Å². The Bertz CT molecular complexity index is 567. The summed E-state index contributed by atoms with van der Waals surface area (Å²) in [5.74, 6) is -0.487. The van der Waals surface area contributed by atoms with Gasteiger partial charge in [-0.3, -0.25) is 4.90 Å². The fraction of sp³-hybridized carbons (Fsp3) is 0.250. The third-order valence-corrected chi connectivity index (χ3v) is 3.18. The maximum atomic E-state index is 14.1. The molecule has 0 aliphatic heterocycles. The summed E-state index contributed by atoms with van der Waals surface area (Å²) in [4.78, 5) is 1.98. The largest absolute Gasteiger partial charge is 0.326 e. The highest BCUT2D eigenvalue weighted by molar-refractivity contribution is 5.26. The molecule has 20 heavy (non-hydrogen) atoms. The van der Waals surface area contributed by atoms with Gasteiger partial charge in [-0.15, -0.1) is 0 Å². The molecule has 0 saturated heterocycles. The predicted octanol–water partition coefficient (Wildman–Crippen LogP) is 3.06. The Morgan fingerprint density at radius 2 is 1.60 bits per heavy atom. The topological polar surface area (TPSA) is 29.3 Å². The van der Waals surface area contributed by atoms with Gasteiger partial charge in [-0.25, -0.2) is 8.78 Å². The highest BCUT2D eigenvalue weighted by Crippen LogP contribution is 2.15. The Morgan fingerprint density at radius 3 is 2.25 bits per heavy atom. The van der Waals surface area contributed by atoms with E-state index in [4.69, 9.17) is 5.73 Å². The molecule has 0 radical (unpaired) electrons. The number of halogens is 2. The van der Waals surface area contributed by atoms with Gasteiger partial charge in [0, 0.05) is 30.8 Å². The maximum Gasteiger partial charge on any atom is 0.132 e. The lowest BCUT2D eigenvalue weighted by atomic mass is 10.1. The third-order valence-electron chi connectivity index (χ3n) is 3.18. The molecule has 0 spiro atoms. The van der Waals surface area contributed by atoms with E-state index >= 15 is 0 Å². The first-order valence-corrected chi connectivity index (χ1v) is 6.49. The van der Waals surface area contributed by atoms with Crippen LogP contribution in [0.25, 0.3) is 0 Å². The summed E-state index contributed by atoms with van der Waals surface area (Å²) in [6, 6.07) is 11.6. The van der Waals surface area contributed by atoms with Crippen molar-refractivity contribution in [1.29, 1.82) is 0 Å². The number of benzene rings is 2. The van der Waals surface area contributed by atoms with Crippen molar-refractivity contribution in [3.63, 3.8) is 0 Å². The van der Waals surface area contributed by atoms with Crippen LogP contribution in [0.3, 0.4) is 0 Å². The summed E-state index contributed by atoms with van der Waals surface area (Å²) in [5.41, 5.74) is 7.64. The average molecular weight is 276 g/mol. The molecule has 4 heteroatoms. The lowest BCUT2D eigenvalue weighted by Crippen LogP contribution is -2.18. The fourth-order valence-corrected chi connectivity index (χ4v) is 2.16. The van der Waals surface area contributed by atoms with Gasteiger partial charge in [0.2, 0.25) is 0 Å². The van der Waals surface area contributed by atoms with Crippen LogP contribution in [-0.2, 0) is 19.6 Å². The molecule has 0 aromatic heterocycles. The van der Waals surface area contributed by atoms with Crippen molar-refractivity contribution in [3.8, 4) is 0 Å². The molecule has 0 atom stereocenters. The van der Waals surface area contributed by atoms with Crippen molar-refractivity contribution in [2.75, 3.05) is 7.05 Å². The maximum absolute atomic E-state index is 14.1. The Balaban J connectivity index is 2.04. The van der Waals surface area contributed by atoms with Crippen LogP contribution < -0.4 is 5.73 Å². The second kappa shape index (κ2) is 6.59. The molecular formula is C16H18F2N2. The molecule has 106 valence electrons. The Kier molecular flexibility index (Phi) is 4.82. The molecular weight excluding hydrogens is 258 g/mol. The second-order valence-electron chi connectivity index (χ2n) is 4.89. The van der Waals surface area contributed by atoms with Crippen LogP contribution in [0.15, 0.2) is 42.5 Å². The van der Waals surface area contributed by atoms with Gasteiger partial charge in [0.15, 0.2) is 0 Å². The minimum Gasteiger partial charge on any atom is -0.326 e. The number of hydrogen-bond acceptors (Lipinski definition) is 2. The van der Waals surface area contributed by atoms with Crippen LogP contribution in [0.2, 0.25) is 0 Å². The average Bonchev–Trinajstić information content (AvgIpc) is 2.44. The quantitative estimate of drug-likeness (QED) is 0.909. The number of nitrogens with zero attached hydrogens (tertiary/aromatic N) is 1. The summed E-state index contributed by atoms with van der Waals surface area (Å²) in [5, 5.41) is 0. The van der Waals surface area contributed by atoms with Crippen LogP contribution in [0.4, 0.5) is 8.78 Å². The molecule has 0 fully saturated rings. The predicted molar refractivity (Wildman–Crippen MR) is 75.9 cm³/mol. The van der Waals surface area contributed by atoms with Crippen LogP contribution in [0, 0.1) is 11.6 Å². The van der Waals surface area contributed by atoms with Crippen LogP contribution in [0.5, 0.6) is 0 Å². The number of hydrogen-bond donors (Lipinski definition) is 1. The van der Waals surface area contributed by atoms with E-state index in [1.807, 2.05) is 18.0 Å². The van der Waals surface area contributed by atoms with E-state index < -0.39 is 0 Å². The lowest BCUT2D eigenvalue weighted by molar-refractivity contribution is 0.313. The molecule has 0 amide bonds. The molecule has 0 aliphatic rings. The molecule has 0 unspecified atom stereocenters. The van der Waals surface area contributed by atoms with Gasteiger partial charge in [0.25, 0.3) is 0 Å². The van der Waals surface area contributed by atoms with E-state index in [1.54, 1.807) is 24.3 Å². The van der Waals surface area contributed by atoms with Crippen molar-refractivity contribution >= 4 is 0 Å². The first kappa shape index (κ1) is 14.6. The van der Waals surface area contributed by atoms with Gasteiger partial charge in [-0.05, 0) is 24.7 Å². The van der Waals surface area contributed by atoms with Crippen molar-refractivity contribution < 1.29 is 8.78 Å². The Labute approximate surface area is 117 Å². The van der Waals surface area contributed by atoms with Crippen molar-refractivity contribution in [2.24, 2.45) is 5.73 Å². The van der Waals surface area contributed by atoms with Crippen LogP contribution in [-0.4, -0.2) is 11.9 Å². The molecule has 2 rings (SSSR count). The normalized spacial score (nSPS) is 11.1. The van der Waals surface area contributed by atoms with E-state index in [1.165, 1.54) is 12.1 Å². The van der Waals surface area contributed by atoms with Crippen molar-refractivity contribution in [3.05, 3.63) is 70.8 Å². The van der Waals surface area contributed by atoms with E-state index in [0.717, 1.165) is 5.56 Å². The highest BCUT2D eigenvalue weighted by Gasteiger charge is 2.09. The fourth-order valence-electron chi connectivity index (χ4n) is 2.16. The molecule has 2 aromatic rings. The van der Waals surface area contributed by atoms with Gasteiger partial charge in [-0.1, -0.05) is 30.3 Å². The zero-order valence-electron chi connectivity index (χ0n) is 11.4. The first-order chi connectivity index (χ1) is 9.60. The summed E-state index contributed by atoms with van der Waals surface area (Å²) in [6.07, 6.45) is 0. The SMILES string of the molecule is CN(Cc1ccc(F)cc1)Cc1cccc(CN)c1F. The molecule has 0 saturated carbocycles. The van der Waals surface area contributed by atoms with Gasteiger partial charge in [0.1, 0.15) is 11.6 Å². The van der Waals surface area contributed by atoms with Gasteiger partial charge >= 0.3 is 0 Å². The summed E-state index contributed by atoms with van der Waals surface area (Å²) < 4.78 is 26.9. The van der Waals surface area contributed by atoms with E-state index in [-0.39, 0.29) is 18.2 Å². The molecule has 0 bridgehead atoms. The Hall–Kier alpha value is -1.78. The monoisotopic (exact) mass is 276 g/mol. The minimum atomic E-state index is -0.252. The summed E-state index contributed by atoms with van der Waals surface area (Å²) in [6.45, 7) is 1.31. The van der Waals surface area contributed by atoms with Gasteiger partial charge in [-0.2, -0.15) is 0 Å². The minimum absolute atomic E-state index is 0.196. The molecule has 2 aromatic carbocycles. The van der Waals surface area contributed by atoms with E-state index in [2.05, 4.69) is 0 Å². The standard InChI is InChI=1S/C16H18F2N2/c1-20(10-12-5-7-15(17)8-6-12)11-14-4-2-3-13(9-19)16(14)18/h2-8H,9-11,19H2,1H3. The zero-order chi connectivity index (χ0) is 14.5. The molecule has 2 nitrogen and oxygen atoms in total. The number of nitrogens with two attached hydrogens (primary N) is 1. The highest BCUT2D eigenvalue weighted by atomic mass is 19.1. The molecule has 2 N–H and O–H groups in total. The second-order valence-corrected chi connectivity index (χ2v) is 4.89.